The summed E-state index contributed by atoms with van der Waals surface area (Å²) >= 11 is 5.91. The number of amides is 1. The van der Waals surface area contributed by atoms with E-state index in [9.17, 15) is 13.6 Å². The first kappa shape index (κ1) is 22.8. The van der Waals surface area contributed by atoms with Crippen LogP contribution in [0, 0.1) is 11.6 Å². The second-order valence-electron chi connectivity index (χ2n) is 9.07. The number of anilines is 1. The van der Waals surface area contributed by atoms with Gasteiger partial charge in [0.2, 0.25) is 0 Å². The van der Waals surface area contributed by atoms with E-state index in [2.05, 4.69) is 4.90 Å². The SMILES string of the molecule is O=C(COc1ccc(Cl)cc1)N1CC2(CCN(Cc3ccc(F)cc3)CC2)c2cc(F)ccc21. The number of likely N-dealkylation sites (tertiary alicyclic amines) is 1. The molecule has 1 saturated heterocycles. The summed E-state index contributed by atoms with van der Waals surface area (Å²) in [7, 11) is 0. The minimum atomic E-state index is -0.293. The molecule has 1 amide bonds. The van der Waals surface area contributed by atoms with Gasteiger partial charge in [-0.2, -0.15) is 0 Å². The fourth-order valence-corrected chi connectivity index (χ4v) is 5.16. The molecule has 0 saturated carbocycles. The van der Waals surface area contributed by atoms with Gasteiger partial charge in [0, 0.05) is 29.2 Å². The Bertz CT molecular complexity index is 1180. The minimum Gasteiger partial charge on any atom is -0.484 e. The lowest BCUT2D eigenvalue weighted by atomic mass is 9.74. The summed E-state index contributed by atoms with van der Waals surface area (Å²) in [6.45, 7) is 2.78. The first-order chi connectivity index (χ1) is 16.4. The van der Waals surface area contributed by atoms with Crippen molar-refractivity contribution in [2.75, 3.05) is 31.1 Å². The third-order valence-electron chi connectivity index (χ3n) is 6.89. The average Bonchev–Trinajstić information content (AvgIpc) is 3.15. The number of fused-ring (bicyclic) bond motifs is 2. The van der Waals surface area contributed by atoms with Crippen LogP contribution in [0.2, 0.25) is 5.02 Å². The third-order valence-corrected chi connectivity index (χ3v) is 7.14. The fraction of sp³-hybridized carbons (Fsp3) is 0.296. The number of ether oxygens (including phenoxy) is 1. The summed E-state index contributed by atoms with van der Waals surface area (Å²) in [6.07, 6.45) is 1.62. The van der Waals surface area contributed by atoms with E-state index in [4.69, 9.17) is 16.3 Å². The van der Waals surface area contributed by atoms with Gasteiger partial charge in [-0.05, 0) is 91.7 Å². The zero-order valence-electron chi connectivity index (χ0n) is 18.6. The monoisotopic (exact) mass is 482 g/mol. The number of carbonyl (C=O) groups excluding carboxylic acids is 1. The molecule has 3 aromatic rings. The van der Waals surface area contributed by atoms with Crippen LogP contribution >= 0.6 is 11.6 Å². The molecule has 2 aliphatic rings. The maximum Gasteiger partial charge on any atom is 0.264 e. The van der Waals surface area contributed by atoms with Gasteiger partial charge in [-0.1, -0.05) is 23.7 Å². The molecule has 1 spiro atoms. The second kappa shape index (κ2) is 9.35. The number of hydrogen-bond acceptors (Lipinski definition) is 3. The molecule has 0 atom stereocenters. The van der Waals surface area contributed by atoms with E-state index in [0.29, 0.717) is 17.3 Å². The van der Waals surface area contributed by atoms with E-state index >= 15 is 0 Å². The summed E-state index contributed by atoms with van der Waals surface area (Å²) < 4.78 is 33.1. The average molecular weight is 483 g/mol. The molecule has 2 aliphatic heterocycles. The normalized spacial score (nSPS) is 17.1. The van der Waals surface area contributed by atoms with Gasteiger partial charge in [0.25, 0.3) is 5.91 Å². The van der Waals surface area contributed by atoms with E-state index in [-0.39, 0.29) is 29.6 Å². The van der Waals surface area contributed by atoms with E-state index in [1.807, 2.05) is 0 Å². The molecular weight excluding hydrogens is 458 g/mol. The Kier molecular flexibility index (Phi) is 6.28. The summed E-state index contributed by atoms with van der Waals surface area (Å²) in [4.78, 5) is 17.2. The number of halogens is 3. The van der Waals surface area contributed by atoms with Gasteiger partial charge in [-0.15, -0.1) is 0 Å². The van der Waals surface area contributed by atoms with Crippen LogP contribution in [-0.4, -0.2) is 37.0 Å². The molecule has 0 N–H and O–H groups in total. The van der Waals surface area contributed by atoms with Gasteiger partial charge in [-0.3, -0.25) is 9.69 Å². The van der Waals surface area contributed by atoms with Gasteiger partial charge in [0.1, 0.15) is 17.4 Å². The summed E-state index contributed by atoms with van der Waals surface area (Å²) in [6, 6.07) is 18.1. The number of benzene rings is 3. The van der Waals surface area contributed by atoms with Gasteiger partial charge >= 0.3 is 0 Å². The molecule has 1 fully saturated rings. The molecule has 7 heteroatoms. The molecule has 2 heterocycles. The number of hydrogen-bond donors (Lipinski definition) is 0. The third kappa shape index (κ3) is 4.65. The molecular formula is C27H25ClF2N2O2. The summed E-state index contributed by atoms with van der Waals surface area (Å²) in [5.41, 5.74) is 2.44. The molecule has 0 radical (unpaired) electrons. The van der Waals surface area contributed by atoms with Crippen molar-refractivity contribution in [1.29, 1.82) is 0 Å². The smallest absolute Gasteiger partial charge is 0.264 e. The minimum absolute atomic E-state index is 0.106. The Hall–Kier alpha value is -2.96. The molecule has 0 bridgehead atoms. The van der Waals surface area contributed by atoms with Crippen LogP contribution in [-0.2, 0) is 16.8 Å². The number of piperidine rings is 1. The molecule has 0 aliphatic carbocycles. The number of carbonyl (C=O) groups is 1. The highest BCUT2D eigenvalue weighted by Gasteiger charge is 2.46. The first-order valence-electron chi connectivity index (χ1n) is 11.4. The van der Waals surface area contributed by atoms with Crippen molar-refractivity contribution >= 4 is 23.2 Å². The van der Waals surface area contributed by atoms with Crippen molar-refractivity contribution in [1.82, 2.24) is 4.90 Å². The highest BCUT2D eigenvalue weighted by atomic mass is 35.5. The van der Waals surface area contributed by atoms with Crippen LogP contribution in [0.1, 0.15) is 24.0 Å². The topological polar surface area (TPSA) is 32.8 Å². The van der Waals surface area contributed by atoms with E-state index in [1.165, 1.54) is 18.2 Å². The zero-order chi connectivity index (χ0) is 23.7. The van der Waals surface area contributed by atoms with Crippen molar-refractivity contribution in [3.8, 4) is 5.75 Å². The quantitative estimate of drug-likeness (QED) is 0.476. The van der Waals surface area contributed by atoms with Crippen LogP contribution in [0.4, 0.5) is 14.5 Å². The highest BCUT2D eigenvalue weighted by Crippen LogP contribution is 2.47. The van der Waals surface area contributed by atoms with Crippen LogP contribution in [0.3, 0.4) is 0 Å². The fourth-order valence-electron chi connectivity index (χ4n) is 5.03. The Labute approximate surface area is 202 Å². The standard InChI is InChI=1S/C27H25ClF2N2O2/c28-20-3-8-23(9-4-20)34-17-26(33)32-18-27(24-15-22(30)7-10-25(24)32)11-13-31(14-12-27)16-19-1-5-21(29)6-2-19/h1-10,15H,11-14,16-18H2. The van der Waals surface area contributed by atoms with Gasteiger partial charge < -0.3 is 9.64 Å². The van der Waals surface area contributed by atoms with Gasteiger partial charge in [0.05, 0.1) is 0 Å². The molecule has 4 nitrogen and oxygen atoms in total. The second-order valence-corrected chi connectivity index (χ2v) is 9.50. The maximum atomic E-state index is 14.2. The maximum absolute atomic E-state index is 14.2. The predicted molar refractivity (Wildman–Crippen MR) is 128 cm³/mol. The van der Waals surface area contributed by atoms with Crippen LogP contribution in [0.5, 0.6) is 5.75 Å². The highest BCUT2D eigenvalue weighted by molar-refractivity contribution is 6.30. The van der Waals surface area contributed by atoms with Crippen molar-refractivity contribution in [3.05, 3.63) is 94.5 Å². The summed E-state index contributed by atoms with van der Waals surface area (Å²) in [5.74, 6) is -0.122. The Balaban J connectivity index is 1.29. The molecule has 0 aromatic heterocycles. The molecule has 176 valence electrons. The van der Waals surface area contributed by atoms with Crippen LogP contribution in [0.25, 0.3) is 0 Å². The summed E-state index contributed by atoms with van der Waals surface area (Å²) in [5, 5.41) is 0.599. The molecule has 3 aromatic carbocycles. The molecule has 5 rings (SSSR count). The van der Waals surface area contributed by atoms with Gasteiger partial charge in [0.15, 0.2) is 6.61 Å². The van der Waals surface area contributed by atoms with E-state index < -0.39 is 0 Å². The Morgan fingerprint density at radius 3 is 2.32 bits per heavy atom. The van der Waals surface area contributed by atoms with Gasteiger partial charge in [-0.25, -0.2) is 8.78 Å². The number of nitrogens with zero attached hydrogens (tertiary/aromatic N) is 2. The number of rotatable bonds is 5. The lowest BCUT2D eigenvalue weighted by Gasteiger charge is -2.40. The van der Waals surface area contributed by atoms with Crippen molar-refractivity contribution in [2.24, 2.45) is 0 Å². The van der Waals surface area contributed by atoms with Crippen LogP contribution < -0.4 is 9.64 Å². The Morgan fingerprint density at radius 2 is 1.62 bits per heavy atom. The first-order valence-corrected chi connectivity index (χ1v) is 11.8. The van der Waals surface area contributed by atoms with Crippen LogP contribution in [0.15, 0.2) is 66.7 Å². The van der Waals surface area contributed by atoms with Crippen molar-refractivity contribution in [3.63, 3.8) is 0 Å². The lowest BCUT2D eigenvalue weighted by Crippen LogP contribution is -2.46. The Morgan fingerprint density at radius 1 is 0.941 bits per heavy atom. The lowest BCUT2D eigenvalue weighted by molar-refractivity contribution is -0.120. The van der Waals surface area contributed by atoms with Crippen molar-refractivity contribution in [2.45, 2.75) is 24.8 Å². The zero-order valence-corrected chi connectivity index (χ0v) is 19.4. The van der Waals surface area contributed by atoms with E-state index in [0.717, 1.165) is 49.3 Å². The predicted octanol–water partition coefficient (Wildman–Crippen LogP) is 5.58. The van der Waals surface area contributed by atoms with E-state index in [1.54, 1.807) is 53.4 Å². The van der Waals surface area contributed by atoms with Crippen molar-refractivity contribution < 1.29 is 18.3 Å². The molecule has 0 unspecified atom stereocenters. The molecule has 34 heavy (non-hydrogen) atoms. The largest absolute Gasteiger partial charge is 0.484 e.